The van der Waals surface area contributed by atoms with Crippen LogP contribution in [0.5, 0.6) is 5.75 Å². The lowest BCUT2D eigenvalue weighted by Gasteiger charge is -2.13. The molecule has 0 heterocycles. The number of carbonyl (C=O) groups excluding carboxylic acids is 1. The number of carbonyl (C=O) groups is 1. The number of aryl methyl sites for hydroxylation is 3. The first-order chi connectivity index (χ1) is 10.6. The summed E-state index contributed by atoms with van der Waals surface area (Å²) in [5.74, 6) is 0.818. The molecule has 0 saturated heterocycles. The zero-order valence-electron chi connectivity index (χ0n) is 13.5. The molecule has 0 aromatic heterocycles. The van der Waals surface area contributed by atoms with Gasteiger partial charge in [-0.2, -0.15) is 0 Å². The molecule has 2 aromatic rings. The van der Waals surface area contributed by atoms with Crippen LogP contribution in [-0.4, -0.2) is 12.5 Å². The Morgan fingerprint density at radius 2 is 1.77 bits per heavy atom. The molecular formula is C19H23NO2. The average Bonchev–Trinajstić information content (AvgIpc) is 2.51. The molecule has 2 rings (SSSR count). The maximum atomic E-state index is 12.1. The van der Waals surface area contributed by atoms with E-state index in [1.165, 1.54) is 0 Å². The van der Waals surface area contributed by atoms with Crippen molar-refractivity contribution < 1.29 is 9.53 Å². The summed E-state index contributed by atoms with van der Waals surface area (Å²) in [6, 6.07) is 13.9. The van der Waals surface area contributed by atoms with Gasteiger partial charge in [-0.05, 0) is 43.0 Å². The van der Waals surface area contributed by atoms with E-state index < -0.39 is 0 Å². The Bertz CT molecular complexity index is 650. The number of amides is 1. The van der Waals surface area contributed by atoms with E-state index in [1.54, 1.807) is 0 Å². The third-order valence-electron chi connectivity index (χ3n) is 3.68. The lowest BCUT2D eigenvalue weighted by molar-refractivity contribution is -0.116. The van der Waals surface area contributed by atoms with Crippen molar-refractivity contribution in [3.05, 3.63) is 59.2 Å². The minimum Gasteiger partial charge on any atom is -0.493 e. The second kappa shape index (κ2) is 7.64. The largest absolute Gasteiger partial charge is 0.493 e. The summed E-state index contributed by atoms with van der Waals surface area (Å²) >= 11 is 0. The fraction of sp³-hybridized carbons (Fsp3) is 0.316. The first-order valence-corrected chi connectivity index (χ1v) is 7.68. The van der Waals surface area contributed by atoms with Crippen LogP contribution in [0.1, 0.15) is 30.0 Å². The molecule has 1 amide bonds. The highest BCUT2D eigenvalue weighted by molar-refractivity contribution is 5.92. The number of ether oxygens (including phenoxy) is 1. The average molecular weight is 297 g/mol. The summed E-state index contributed by atoms with van der Waals surface area (Å²) in [5, 5.41) is 3.01. The Morgan fingerprint density at radius 3 is 2.50 bits per heavy atom. The minimum atomic E-state index is -0.0161. The van der Waals surface area contributed by atoms with Crippen molar-refractivity contribution in [1.82, 2.24) is 0 Å². The van der Waals surface area contributed by atoms with Crippen LogP contribution in [0, 0.1) is 13.8 Å². The van der Waals surface area contributed by atoms with Crippen LogP contribution in [0.25, 0.3) is 0 Å². The number of rotatable bonds is 6. The number of anilines is 1. The highest BCUT2D eigenvalue weighted by Crippen LogP contribution is 2.21. The van der Waals surface area contributed by atoms with Gasteiger partial charge in [0.25, 0.3) is 0 Å². The molecule has 1 N–H and O–H groups in total. The van der Waals surface area contributed by atoms with Gasteiger partial charge in [-0.3, -0.25) is 4.79 Å². The van der Waals surface area contributed by atoms with Crippen LogP contribution < -0.4 is 10.1 Å². The van der Waals surface area contributed by atoms with Gasteiger partial charge in [-0.25, -0.2) is 0 Å². The third-order valence-corrected chi connectivity index (χ3v) is 3.68. The lowest BCUT2D eigenvalue weighted by atomic mass is 10.1. The minimum absolute atomic E-state index is 0.0161. The quantitative estimate of drug-likeness (QED) is 0.864. The van der Waals surface area contributed by atoms with Gasteiger partial charge in [-0.1, -0.05) is 43.3 Å². The van der Waals surface area contributed by atoms with Crippen molar-refractivity contribution >= 4 is 11.6 Å². The third kappa shape index (κ3) is 4.10. The monoisotopic (exact) mass is 297 g/mol. The number of benzene rings is 2. The molecule has 22 heavy (non-hydrogen) atoms. The van der Waals surface area contributed by atoms with E-state index in [-0.39, 0.29) is 5.91 Å². The first kappa shape index (κ1) is 16.1. The van der Waals surface area contributed by atoms with Gasteiger partial charge in [0, 0.05) is 5.69 Å². The molecule has 0 fully saturated rings. The maximum absolute atomic E-state index is 12.1. The summed E-state index contributed by atoms with van der Waals surface area (Å²) in [6.45, 7) is 6.48. The Labute approximate surface area is 132 Å². The van der Waals surface area contributed by atoms with Gasteiger partial charge in [0.2, 0.25) is 5.91 Å². The molecule has 0 bridgehead atoms. The standard InChI is InChI=1S/C19H23NO2/c1-4-16-10-7-9-15(3)19(16)20-18(21)12-13-22-17-11-6-5-8-14(17)2/h5-11H,4,12-13H2,1-3H3,(H,20,21). The van der Waals surface area contributed by atoms with Crippen molar-refractivity contribution in [3.8, 4) is 5.75 Å². The van der Waals surface area contributed by atoms with Crippen LogP contribution in [-0.2, 0) is 11.2 Å². The molecule has 0 saturated carbocycles. The second-order valence-corrected chi connectivity index (χ2v) is 5.37. The summed E-state index contributed by atoms with van der Waals surface area (Å²) in [4.78, 5) is 12.1. The molecule has 0 radical (unpaired) electrons. The molecule has 0 unspecified atom stereocenters. The predicted octanol–water partition coefficient (Wildman–Crippen LogP) is 4.27. The molecule has 0 aliphatic heterocycles. The molecular weight excluding hydrogens is 274 g/mol. The second-order valence-electron chi connectivity index (χ2n) is 5.37. The SMILES string of the molecule is CCc1cccc(C)c1NC(=O)CCOc1ccccc1C. The lowest BCUT2D eigenvalue weighted by Crippen LogP contribution is -2.17. The number of nitrogens with one attached hydrogen (secondary N) is 1. The van der Waals surface area contributed by atoms with Gasteiger partial charge in [-0.15, -0.1) is 0 Å². The maximum Gasteiger partial charge on any atom is 0.227 e. The van der Waals surface area contributed by atoms with Crippen molar-refractivity contribution in [1.29, 1.82) is 0 Å². The molecule has 116 valence electrons. The fourth-order valence-electron chi connectivity index (χ4n) is 2.38. The van der Waals surface area contributed by atoms with Crippen LogP contribution in [0.3, 0.4) is 0 Å². The molecule has 0 aliphatic carbocycles. The van der Waals surface area contributed by atoms with Crippen molar-refractivity contribution in [2.24, 2.45) is 0 Å². The molecule has 0 spiro atoms. The summed E-state index contributed by atoms with van der Waals surface area (Å²) in [7, 11) is 0. The summed E-state index contributed by atoms with van der Waals surface area (Å²) < 4.78 is 5.67. The molecule has 2 aromatic carbocycles. The van der Waals surface area contributed by atoms with E-state index in [9.17, 15) is 4.79 Å². The number of para-hydroxylation sites is 2. The zero-order valence-corrected chi connectivity index (χ0v) is 13.5. The van der Waals surface area contributed by atoms with Crippen LogP contribution in [0.2, 0.25) is 0 Å². The Kier molecular flexibility index (Phi) is 5.59. The van der Waals surface area contributed by atoms with E-state index in [4.69, 9.17) is 4.74 Å². The van der Waals surface area contributed by atoms with Crippen LogP contribution >= 0.6 is 0 Å². The Hall–Kier alpha value is -2.29. The van der Waals surface area contributed by atoms with Gasteiger partial charge in [0.1, 0.15) is 5.75 Å². The van der Waals surface area contributed by atoms with E-state index in [0.717, 1.165) is 34.5 Å². The molecule has 3 nitrogen and oxygen atoms in total. The van der Waals surface area contributed by atoms with Gasteiger partial charge in [0.05, 0.1) is 13.0 Å². The first-order valence-electron chi connectivity index (χ1n) is 7.68. The van der Waals surface area contributed by atoms with Crippen molar-refractivity contribution in [3.63, 3.8) is 0 Å². The van der Waals surface area contributed by atoms with E-state index in [0.29, 0.717) is 13.0 Å². The molecule has 0 atom stereocenters. The summed E-state index contributed by atoms with van der Waals surface area (Å²) in [5.41, 5.74) is 4.27. The van der Waals surface area contributed by atoms with Crippen LogP contribution in [0.4, 0.5) is 5.69 Å². The Balaban J connectivity index is 1.90. The van der Waals surface area contributed by atoms with Gasteiger partial charge < -0.3 is 10.1 Å². The highest BCUT2D eigenvalue weighted by atomic mass is 16.5. The molecule has 3 heteroatoms. The molecule has 0 aliphatic rings. The van der Waals surface area contributed by atoms with E-state index in [1.807, 2.05) is 56.3 Å². The van der Waals surface area contributed by atoms with Crippen molar-refractivity contribution in [2.45, 2.75) is 33.6 Å². The van der Waals surface area contributed by atoms with E-state index >= 15 is 0 Å². The number of hydrogen-bond acceptors (Lipinski definition) is 2. The highest BCUT2D eigenvalue weighted by Gasteiger charge is 2.09. The van der Waals surface area contributed by atoms with Gasteiger partial charge >= 0.3 is 0 Å². The Morgan fingerprint density at radius 1 is 1.05 bits per heavy atom. The zero-order chi connectivity index (χ0) is 15.9. The predicted molar refractivity (Wildman–Crippen MR) is 90.5 cm³/mol. The normalized spacial score (nSPS) is 10.3. The van der Waals surface area contributed by atoms with Crippen LogP contribution in [0.15, 0.2) is 42.5 Å². The summed E-state index contributed by atoms with van der Waals surface area (Å²) in [6.07, 6.45) is 1.24. The van der Waals surface area contributed by atoms with E-state index in [2.05, 4.69) is 12.2 Å². The van der Waals surface area contributed by atoms with Crippen molar-refractivity contribution in [2.75, 3.05) is 11.9 Å². The topological polar surface area (TPSA) is 38.3 Å². The fourth-order valence-corrected chi connectivity index (χ4v) is 2.38. The number of hydrogen-bond donors (Lipinski definition) is 1. The smallest absolute Gasteiger partial charge is 0.227 e. The van der Waals surface area contributed by atoms with Gasteiger partial charge in [0.15, 0.2) is 0 Å².